The third-order valence-electron chi connectivity index (χ3n) is 10.0. The van der Waals surface area contributed by atoms with E-state index >= 15 is 0 Å². The van der Waals surface area contributed by atoms with Crippen LogP contribution in [0.1, 0.15) is 226 Å². The van der Waals surface area contributed by atoms with Crippen molar-refractivity contribution < 1.29 is 24.2 Å². The van der Waals surface area contributed by atoms with Crippen molar-refractivity contribution in [3.05, 3.63) is 24.3 Å². The van der Waals surface area contributed by atoms with Crippen molar-refractivity contribution in [2.24, 2.45) is 5.73 Å². The predicted octanol–water partition coefficient (Wildman–Crippen LogP) is 12.5. The fraction of sp³-hybridized carbons (Fsp3) is 0.844. The van der Waals surface area contributed by atoms with Crippen LogP contribution < -0.4 is 11.1 Å². The third-order valence-corrected chi connectivity index (χ3v) is 10.0. The van der Waals surface area contributed by atoms with E-state index in [1.54, 1.807) is 0 Å². The molecule has 52 heavy (non-hydrogen) atoms. The van der Waals surface area contributed by atoms with Gasteiger partial charge in [0, 0.05) is 12.8 Å². The Labute approximate surface area is 321 Å². The van der Waals surface area contributed by atoms with Crippen molar-refractivity contribution >= 4 is 17.8 Å². The molecule has 0 aliphatic rings. The molecule has 0 radical (unpaired) electrons. The smallest absolute Gasteiger partial charge is 0.326 e. The van der Waals surface area contributed by atoms with Crippen molar-refractivity contribution in [2.75, 3.05) is 6.54 Å². The summed E-state index contributed by atoms with van der Waals surface area (Å²) < 4.78 is 5.90. The van der Waals surface area contributed by atoms with Crippen LogP contribution >= 0.6 is 0 Å². The maximum atomic E-state index is 12.7. The number of carboxylic acids is 1. The molecule has 0 aliphatic heterocycles. The van der Waals surface area contributed by atoms with Gasteiger partial charge < -0.3 is 20.9 Å². The first kappa shape index (κ1) is 49.9. The molecule has 0 heterocycles. The number of amides is 1. The Morgan fingerprint density at radius 2 is 1.06 bits per heavy atom. The molecule has 0 aliphatic carbocycles. The monoisotopic (exact) mass is 733 g/mol. The second-order valence-corrected chi connectivity index (χ2v) is 15.1. The average Bonchev–Trinajstić information content (AvgIpc) is 3.13. The van der Waals surface area contributed by atoms with E-state index in [1.807, 2.05) is 6.08 Å². The first-order chi connectivity index (χ1) is 25.4. The highest BCUT2D eigenvalue weighted by Crippen LogP contribution is 2.17. The molecular formula is C45H84N2O5. The predicted molar refractivity (Wildman–Crippen MR) is 220 cm³/mol. The van der Waals surface area contributed by atoms with Crippen LogP contribution in [0.25, 0.3) is 0 Å². The zero-order valence-corrected chi connectivity index (χ0v) is 34.2. The number of nitrogens with two attached hydrogens (primary N) is 1. The molecule has 1 amide bonds. The van der Waals surface area contributed by atoms with Crippen molar-refractivity contribution in [2.45, 2.75) is 238 Å². The highest BCUT2D eigenvalue weighted by atomic mass is 16.5. The standard InChI is InChI=1S/C45H84N2O5/c1-3-5-7-9-11-12-13-14-15-16-17-18-19-20-21-22-23-25-27-33-39-44(49)52-41(35-30-26-24-10-8-6-4-2)36-31-28-29-32-38-43(48)47-42(45(50)51)37-34-40-46/h10,24,30,35,41-42H,3-9,11-23,25-29,31-34,36-40,46H2,1-2H3,(H,47,48)(H,50,51)/b24-10-,35-30-. The van der Waals surface area contributed by atoms with Gasteiger partial charge in [-0.05, 0) is 64.0 Å². The summed E-state index contributed by atoms with van der Waals surface area (Å²) in [5.74, 6) is -1.34. The molecule has 0 spiro atoms. The van der Waals surface area contributed by atoms with Crippen LogP contribution in [0.5, 0.6) is 0 Å². The van der Waals surface area contributed by atoms with Gasteiger partial charge in [0.25, 0.3) is 0 Å². The highest BCUT2D eigenvalue weighted by molar-refractivity contribution is 5.83. The first-order valence-corrected chi connectivity index (χ1v) is 22.2. The van der Waals surface area contributed by atoms with E-state index in [0.717, 1.165) is 51.4 Å². The highest BCUT2D eigenvalue weighted by Gasteiger charge is 2.19. The van der Waals surface area contributed by atoms with Gasteiger partial charge in [-0.15, -0.1) is 0 Å². The van der Waals surface area contributed by atoms with E-state index in [4.69, 9.17) is 10.5 Å². The van der Waals surface area contributed by atoms with Crippen molar-refractivity contribution in [1.29, 1.82) is 0 Å². The summed E-state index contributed by atoms with van der Waals surface area (Å²) in [7, 11) is 0. The lowest BCUT2D eigenvalue weighted by Gasteiger charge is -2.15. The number of nitrogens with one attached hydrogen (secondary N) is 1. The molecule has 0 aromatic heterocycles. The summed E-state index contributed by atoms with van der Waals surface area (Å²) in [4.78, 5) is 36.3. The van der Waals surface area contributed by atoms with Crippen LogP contribution in [0.4, 0.5) is 0 Å². The SMILES string of the molecule is CCCC/C=C\C/C=C\C(CCCCCCC(=O)NC(CCCN)C(=O)O)OC(=O)CCCCCCCCCCCCCCCCCCCCCC. The molecule has 0 aromatic carbocycles. The van der Waals surface area contributed by atoms with Crippen LogP contribution in [-0.4, -0.2) is 41.6 Å². The summed E-state index contributed by atoms with van der Waals surface area (Å²) in [5, 5.41) is 11.9. The summed E-state index contributed by atoms with van der Waals surface area (Å²) in [6.45, 7) is 4.89. The molecular weight excluding hydrogens is 649 g/mol. The van der Waals surface area contributed by atoms with Crippen molar-refractivity contribution in [1.82, 2.24) is 5.32 Å². The van der Waals surface area contributed by atoms with Crippen LogP contribution in [-0.2, 0) is 19.1 Å². The number of ether oxygens (including phenoxy) is 1. The Hall–Kier alpha value is -2.15. The minimum absolute atomic E-state index is 0.102. The normalized spacial score (nSPS) is 12.8. The number of hydrogen-bond acceptors (Lipinski definition) is 5. The van der Waals surface area contributed by atoms with Crippen LogP contribution in [0.3, 0.4) is 0 Å². The number of aliphatic carboxylic acids is 1. The van der Waals surface area contributed by atoms with Crippen LogP contribution in [0, 0.1) is 0 Å². The van der Waals surface area contributed by atoms with Gasteiger partial charge in [-0.2, -0.15) is 0 Å². The van der Waals surface area contributed by atoms with Gasteiger partial charge in [0.15, 0.2) is 0 Å². The fourth-order valence-corrected chi connectivity index (χ4v) is 6.62. The van der Waals surface area contributed by atoms with Gasteiger partial charge in [-0.3, -0.25) is 9.59 Å². The van der Waals surface area contributed by atoms with Gasteiger partial charge in [0.1, 0.15) is 12.1 Å². The maximum absolute atomic E-state index is 12.7. The summed E-state index contributed by atoms with van der Waals surface area (Å²) in [6.07, 6.45) is 45.4. The molecule has 7 nitrogen and oxygen atoms in total. The lowest BCUT2D eigenvalue weighted by Crippen LogP contribution is -2.40. The molecule has 2 unspecified atom stereocenters. The second-order valence-electron chi connectivity index (χ2n) is 15.1. The minimum Gasteiger partial charge on any atom is -0.480 e. The molecule has 0 saturated carbocycles. The molecule has 0 rings (SSSR count). The van der Waals surface area contributed by atoms with Gasteiger partial charge >= 0.3 is 11.9 Å². The average molecular weight is 733 g/mol. The molecule has 304 valence electrons. The van der Waals surface area contributed by atoms with E-state index in [0.29, 0.717) is 38.6 Å². The lowest BCUT2D eigenvalue weighted by atomic mass is 10.0. The molecule has 4 N–H and O–H groups in total. The maximum Gasteiger partial charge on any atom is 0.326 e. The number of carbonyl (C=O) groups excluding carboxylic acids is 2. The molecule has 2 atom stereocenters. The summed E-state index contributed by atoms with van der Waals surface area (Å²) in [6, 6.07) is -0.872. The zero-order chi connectivity index (χ0) is 38.2. The van der Waals surface area contributed by atoms with E-state index in [1.165, 1.54) is 128 Å². The minimum atomic E-state index is -1.02. The molecule has 0 fully saturated rings. The van der Waals surface area contributed by atoms with E-state index in [9.17, 15) is 19.5 Å². The number of carbonyl (C=O) groups is 3. The Balaban J connectivity index is 4.10. The van der Waals surface area contributed by atoms with Crippen molar-refractivity contribution in [3.63, 3.8) is 0 Å². The van der Waals surface area contributed by atoms with Gasteiger partial charge in [-0.1, -0.05) is 180 Å². The van der Waals surface area contributed by atoms with Crippen LogP contribution in [0.15, 0.2) is 24.3 Å². The largest absolute Gasteiger partial charge is 0.480 e. The van der Waals surface area contributed by atoms with Gasteiger partial charge in [0.2, 0.25) is 5.91 Å². The quantitative estimate of drug-likeness (QED) is 0.0328. The Bertz CT molecular complexity index is 874. The fourth-order valence-electron chi connectivity index (χ4n) is 6.62. The number of hydrogen-bond donors (Lipinski definition) is 3. The Kier molecular flexibility index (Phi) is 38.4. The van der Waals surface area contributed by atoms with E-state index < -0.39 is 12.0 Å². The summed E-state index contributed by atoms with van der Waals surface area (Å²) >= 11 is 0. The third kappa shape index (κ3) is 36.2. The Morgan fingerprint density at radius 1 is 0.577 bits per heavy atom. The number of esters is 1. The number of allylic oxidation sites excluding steroid dienone is 3. The summed E-state index contributed by atoms with van der Waals surface area (Å²) in [5.41, 5.74) is 5.48. The lowest BCUT2D eigenvalue weighted by molar-refractivity contribution is -0.147. The van der Waals surface area contributed by atoms with Gasteiger partial charge in [-0.25, -0.2) is 4.79 Å². The zero-order valence-electron chi connectivity index (χ0n) is 34.2. The van der Waals surface area contributed by atoms with Crippen molar-refractivity contribution in [3.8, 4) is 0 Å². The molecule has 7 heteroatoms. The Morgan fingerprint density at radius 3 is 1.56 bits per heavy atom. The molecule has 0 aromatic rings. The number of rotatable bonds is 40. The van der Waals surface area contributed by atoms with Crippen LogP contribution in [0.2, 0.25) is 0 Å². The van der Waals surface area contributed by atoms with Gasteiger partial charge in [0.05, 0.1) is 0 Å². The number of unbranched alkanes of at least 4 members (excludes halogenated alkanes) is 24. The number of carboxylic acid groups (broad SMARTS) is 1. The molecule has 0 saturated heterocycles. The second kappa shape index (κ2) is 40.0. The topological polar surface area (TPSA) is 119 Å². The first-order valence-electron chi connectivity index (χ1n) is 22.2. The van der Waals surface area contributed by atoms with E-state index in [2.05, 4.69) is 37.4 Å². The molecule has 0 bridgehead atoms. The van der Waals surface area contributed by atoms with E-state index in [-0.39, 0.29) is 18.0 Å².